The third kappa shape index (κ3) is 0.972. The average Bonchev–Trinajstić information content (AvgIpc) is 2.17. The molecule has 12 heavy (non-hydrogen) atoms. The van der Waals surface area contributed by atoms with Crippen LogP contribution in [-0.2, 0) is 0 Å². The van der Waals surface area contributed by atoms with Crippen molar-refractivity contribution in [2.75, 3.05) is 12.4 Å². The summed E-state index contributed by atoms with van der Waals surface area (Å²) >= 11 is 0. The Bertz CT molecular complexity index is 394. The van der Waals surface area contributed by atoms with Crippen LogP contribution in [0.2, 0.25) is 0 Å². The van der Waals surface area contributed by atoms with E-state index in [9.17, 15) is 0 Å². The third-order valence-electron chi connectivity index (χ3n) is 1.70. The van der Waals surface area contributed by atoms with E-state index in [1.54, 1.807) is 18.6 Å². The molecule has 0 spiro atoms. The topological polar surface area (TPSA) is 50.7 Å². The molecule has 2 heterocycles. The highest BCUT2D eigenvalue weighted by molar-refractivity contribution is 5.89. The SMILES string of the molecule is CNc1nncc2ccncc12. The van der Waals surface area contributed by atoms with Crippen molar-refractivity contribution in [2.24, 2.45) is 0 Å². The molecule has 0 aromatic carbocycles. The zero-order chi connectivity index (χ0) is 8.39. The quantitative estimate of drug-likeness (QED) is 0.677. The third-order valence-corrected chi connectivity index (χ3v) is 1.70. The van der Waals surface area contributed by atoms with Crippen molar-refractivity contribution in [3.8, 4) is 0 Å². The first-order valence-electron chi connectivity index (χ1n) is 3.65. The predicted molar refractivity (Wildman–Crippen MR) is 46.9 cm³/mol. The van der Waals surface area contributed by atoms with Crippen LogP contribution >= 0.6 is 0 Å². The summed E-state index contributed by atoms with van der Waals surface area (Å²) in [5, 5.41) is 12.8. The monoisotopic (exact) mass is 160 g/mol. The number of aromatic nitrogens is 3. The molecule has 0 saturated carbocycles. The molecule has 2 aromatic heterocycles. The largest absolute Gasteiger partial charge is 0.371 e. The van der Waals surface area contributed by atoms with Gasteiger partial charge in [0.25, 0.3) is 0 Å². The van der Waals surface area contributed by atoms with Gasteiger partial charge in [-0.25, -0.2) is 0 Å². The molecule has 0 fully saturated rings. The number of anilines is 1. The Labute approximate surface area is 69.7 Å². The molecular formula is C8H8N4. The highest BCUT2D eigenvalue weighted by Gasteiger charge is 1.98. The zero-order valence-corrected chi connectivity index (χ0v) is 6.65. The minimum atomic E-state index is 0.764. The fourth-order valence-corrected chi connectivity index (χ4v) is 1.10. The van der Waals surface area contributed by atoms with Crippen LogP contribution < -0.4 is 5.32 Å². The molecule has 0 radical (unpaired) electrons. The number of rotatable bonds is 1. The van der Waals surface area contributed by atoms with Crippen molar-refractivity contribution in [1.82, 2.24) is 15.2 Å². The Morgan fingerprint density at radius 1 is 1.33 bits per heavy atom. The fraction of sp³-hybridized carbons (Fsp3) is 0.125. The van der Waals surface area contributed by atoms with E-state index in [0.717, 1.165) is 16.6 Å². The van der Waals surface area contributed by atoms with E-state index < -0.39 is 0 Å². The lowest BCUT2D eigenvalue weighted by Gasteiger charge is -2.00. The standard InChI is InChI=1S/C8H8N4/c1-9-8-7-5-10-3-2-6(7)4-11-12-8/h2-5H,1H3,(H,9,12). The minimum absolute atomic E-state index is 0.764. The number of pyridine rings is 1. The van der Waals surface area contributed by atoms with E-state index in [1.165, 1.54) is 0 Å². The minimum Gasteiger partial charge on any atom is -0.371 e. The van der Waals surface area contributed by atoms with Crippen molar-refractivity contribution >= 4 is 16.6 Å². The fourth-order valence-electron chi connectivity index (χ4n) is 1.10. The molecule has 0 unspecified atom stereocenters. The smallest absolute Gasteiger partial charge is 0.157 e. The van der Waals surface area contributed by atoms with Gasteiger partial charge in [-0.3, -0.25) is 4.98 Å². The lowest BCUT2D eigenvalue weighted by molar-refractivity contribution is 1.05. The van der Waals surface area contributed by atoms with Crippen molar-refractivity contribution < 1.29 is 0 Å². The van der Waals surface area contributed by atoms with Gasteiger partial charge in [0, 0.05) is 30.2 Å². The van der Waals surface area contributed by atoms with Crippen LogP contribution in [0.5, 0.6) is 0 Å². The van der Waals surface area contributed by atoms with E-state index >= 15 is 0 Å². The number of nitrogens with zero attached hydrogens (tertiary/aromatic N) is 3. The van der Waals surface area contributed by atoms with Gasteiger partial charge >= 0.3 is 0 Å². The molecular weight excluding hydrogens is 152 g/mol. The highest BCUT2D eigenvalue weighted by atomic mass is 15.2. The van der Waals surface area contributed by atoms with E-state index in [0.29, 0.717) is 0 Å². The molecule has 4 heteroatoms. The van der Waals surface area contributed by atoms with Crippen LogP contribution in [0.25, 0.3) is 10.8 Å². The van der Waals surface area contributed by atoms with Gasteiger partial charge < -0.3 is 5.32 Å². The Morgan fingerprint density at radius 2 is 2.25 bits per heavy atom. The molecule has 2 aromatic rings. The second-order valence-corrected chi connectivity index (χ2v) is 2.41. The summed E-state index contributed by atoms with van der Waals surface area (Å²) in [6.07, 6.45) is 5.23. The number of hydrogen-bond acceptors (Lipinski definition) is 4. The summed E-state index contributed by atoms with van der Waals surface area (Å²) in [5.41, 5.74) is 0. The van der Waals surface area contributed by atoms with Crippen molar-refractivity contribution in [3.63, 3.8) is 0 Å². The molecule has 0 saturated heterocycles. The maximum Gasteiger partial charge on any atom is 0.157 e. The van der Waals surface area contributed by atoms with Crippen LogP contribution in [-0.4, -0.2) is 22.2 Å². The van der Waals surface area contributed by atoms with E-state index in [1.807, 2.05) is 13.1 Å². The average molecular weight is 160 g/mol. The first-order valence-corrected chi connectivity index (χ1v) is 3.65. The molecule has 4 nitrogen and oxygen atoms in total. The van der Waals surface area contributed by atoms with E-state index in [4.69, 9.17) is 0 Å². The first kappa shape index (κ1) is 6.97. The molecule has 0 atom stereocenters. The van der Waals surface area contributed by atoms with Crippen molar-refractivity contribution in [2.45, 2.75) is 0 Å². The van der Waals surface area contributed by atoms with Gasteiger partial charge in [0.05, 0.1) is 6.20 Å². The summed E-state index contributed by atoms with van der Waals surface area (Å²) in [7, 11) is 1.82. The van der Waals surface area contributed by atoms with Crippen molar-refractivity contribution in [1.29, 1.82) is 0 Å². The molecule has 0 aliphatic carbocycles. The van der Waals surface area contributed by atoms with Gasteiger partial charge in [-0.2, -0.15) is 5.10 Å². The molecule has 0 aliphatic rings. The van der Waals surface area contributed by atoms with E-state index in [-0.39, 0.29) is 0 Å². The summed E-state index contributed by atoms with van der Waals surface area (Å²) in [5.74, 6) is 0.764. The first-order chi connectivity index (χ1) is 5.92. The van der Waals surface area contributed by atoms with Crippen LogP contribution in [0.4, 0.5) is 5.82 Å². The molecule has 1 N–H and O–H groups in total. The molecule has 2 rings (SSSR count). The number of fused-ring (bicyclic) bond motifs is 1. The normalized spacial score (nSPS) is 10.1. The molecule has 0 aliphatic heterocycles. The number of nitrogens with one attached hydrogen (secondary N) is 1. The lowest BCUT2D eigenvalue weighted by Crippen LogP contribution is -1.95. The highest BCUT2D eigenvalue weighted by Crippen LogP contribution is 2.16. The zero-order valence-electron chi connectivity index (χ0n) is 6.65. The van der Waals surface area contributed by atoms with Gasteiger partial charge in [-0.15, -0.1) is 5.10 Å². The van der Waals surface area contributed by atoms with Gasteiger partial charge in [0.2, 0.25) is 0 Å². The van der Waals surface area contributed by atoms with Crippen LogP contribution in [0, 0.1) is 0 Å². The van der Waals surface area contributed by atoms with Gasteiger partial charge in [0.1, 0.15) is 0 Å². The Kier molecular flexibility index (Phi) is 1.59. The van der Waals surface area contributed by atoms with Gasteiger partial charge in [0.15, 0.2) is 5.82 Å². The van der Waals surface area contributed by atoms with E-state index in [2.05, 4.69) is 20.5 Å². The predicted octanol–water partition coefficient (Wildman–Crippen LogP) is 1.07. The second-order valence-electron chi connectivity index (χ2n) is 2.41. The summed E-state index contributed by atoms with van der Waals surface area (Å²) in [6.45, 7) is 0. The second kappa shape index (κ2) is 2.73. The summed E-state index contributed by atoms with van der Waals surface area (Å²) < 4.78 is 0. The molecule has 60 valence electrons. The van der Waals surface area contributed by atoms with Crippen LogP contribution in [0.3, 0.4) is 0 Å². The van der Waals surface area contributed by atoms with Crippen molar-refractivity contribution in [3.05, 3.63) is 24.7 Å². The summed E-state index contributed by atoms with van der Waals surface area (Å²) in [4.78, 5) is 4.01. The van der Waals surface area contributed by atoms with Crippen LogP contribution in [0.15, 0.2) is 24.7 Å². The Morgan fingerprint density at radius 3 is 3.08 bits per heavy atom. The summed E-state index contributed by atoms with van der Waals surface area (Å²) in [6, 6.07) is 1.91. The number of hydrogen-bond donors (Lipinski definition) is 1. The van der Waals surface area contributed by atoms with Crippen LogP contribution in [0.1, 0.15) is 0 Å². The lowest BCUT2D eigenvalue weighted by atomic mass is 10.2. The Balaban J connectivity index is 2.79. The Hall–Kier alpha value is -1.71. The maximum atomic E-state index is 4.01. The maximum absolute atomic E-state index is 4.01. The van der Waals surface area contributed by atoms with Gasteiger partial charge in [-0.1, -0.05) is 0 Å². The molecule has 0 bridgehead atoms. The van der Waals surface area contributed by atoms with Gasteiger partial charge in [-0.05, 0) is 6.07 Å². The molecule has 0 amide bonds.